The monoisotopic (exact) mass is 326 g/mol. The zero-order chi connectivity index (χ0) is 15.6. The highest BCUT2D eigenvalue weighted by atomic mass is 35.5. The van der Waals surface area contributed by atoms with E-state index in [1.807, 2.05) is 6.07 Å². The van der Waals surface area contributed by atoms with Crippen LogP contribution in [0.5, 0.6) is 5.75 Å². The molecular weight excluding hydrogens is 316 g/mol. The Morgan fingerprint density at radius 3 is 2.67 bits per heavy atom. The third kappa shape index (κ3) is 3.50. The molecule has 21 heavy (non-hydrogen) atoms. The maximum atomic E-state index is 12.2. The Morgan fingerprint density at radius 2 is 2.14 bits per heavy atom. The number of nitro groups is 1. The molecule has 110 valence electrons. The summed E-state index contributed by atoms with van der Waals surface area (Å²) in [6.45, 7) is 0.369. The first-order valence-electron chi connectivity index (χ1n) is 5.85. The van der Waals surface area contributed by atoms with Crippen LogP contribution in [-0.2, 0) is 6.54 Å². The highest BCUT2D eigenvalue weighted by Gasteiger charge is 2.18. The molecule has 0 radical (unpaired) electrons. The first kappa shape index (κ1) is 15.3. The van der Waals surface area contributed by atoms with Gasteiger partial charge in [-0.25, -0.2) is 0 Å². The van der Waals surface area contributed by atoms with Gasteiger partial charge in [-0.1, -0.05) is 11.6 Å². The standard InChI is InChI=1S/C13H11ClN2O4S/c1-15(7-9-3-5-12(14)21-9)13(18)8-2-4-10(16(19)20)11(17)6-8/h2-6,17H,7H2,1H3. The number of phenols is 1. The average Bonchev–Trinajstić information content (AvgIpc) is 2.82. The molecule has 1 heterocycles. The molecule has 0 unspecified atom stereocenters. The number of hydrogen-bond donors (Lipinski definition) is 1. The van der Waals surface area contributed by atoms with Crippen LogP contribution in [0.1, 0.15) is 15.2 Å². The van der Waals surface area contributed by atoms with Crippen molar-refractivity contribution in [3.05, 3.63) is 55.2 Å². The van der Waals surface area contributed by atoms with Gasteiger partial charge < -0.3 is 10.0 Å². The van der Waals surface area contributed by atoms with Crippen molar-refractivity contribution in [2.45, 2.75) is 6.54 Å². The van der Waals surface area contributed by atoms with Crippen LogP contribution in [0, 0.1) is 10.1 Å². The molecular formula is C13H11ClN2O4S. The summed E-state index contributed by atoms with van der Waals surface area (Å²) in [5.74, 6) is -0.872. The van der Waals surface area contributed by atoms with Crippen LogP contribution in [0.4, 0.5) is 5.69 Å². The van der Waals surface area contributed by atoms with Gasteiger partial charge in [0.1, 0.15) is 0 Å². The van der Waals surface area contributed by atoms with E-state index in [1.165, 1.54) is 22.3 Å². The van der Waals surface area contributed by atoms with Crippen molar-refractivity contribution in [3.63, 3.8) is 0 Å². The first-order valence-corrected chi connectivity index (χ1v) is 7.05. The average molecular weight is 327 g/mol. The van der Waals surface area contributed by atoms with Crippen LogP contribution in [0.15, 0.2) is 30.3 Å². The maximum Gasteiger partial charge on any atom is 0.310 e. The van der Waals surface area contributed by atoms with E-state index < -0.39 is 16.4 Å². The van der Waals surface area contributed by atoms with Crippen molar-refractivity contribution in [3.8, 4) is 5.75 Å². The summed E-state index contributed by atoms with van der Waals surface area (Å²) in [5, 5.41) is 20.2. The van der Waals surface area contributed by atoms with Gasteiger partial charge in [-0.2, -0.15) is 0 Å². The second-order valence-corrected chi connectivity index (χ2v) is 6.13. The van der Waals surface area contributed by atoms with Crippen LogP contribution >= 0.6 is 22.9 Å². The predicted molar refractivity (Wildman–Crippen MR) is 79.9 cm³/mol. The van der Waals surface area contributed by atoms with Crippen LogP contribution in [0.3, 0.4) is 0 Å². The van der Waals surface area contributed by atoms with Gasteiger partial charge in [0.05, 0.1) is 15.8 Å². The SMILES string of the molecule is CN(Cc1ccc(Cl)s1)C(=O)c1ccc([N+](=O)[O-])c(O)c1. The van der Waals surface area contributed by atoms with Crippen molar-refractivity contribution in [2.24, 2.45) is 0 Å². The lowest BCUT2D eigenvalue weighted by Crippen LogP contribution is -2.25. The lowest BCUT2D eigenvalue weighted by atomic mass is 10.1. The summed E-state index contributed by atoms with van der Waals surface area (Å²) in [6, 6.07) is 7.09. The van der Waals surface area contributed by atoms with E-state index >= 15 is 0 Å². The van der Waals surface area contributed by atoms with Crippen molar-refractivity contribution in [2.75, 3.05) is 7.05 Å². The van der Waals surface area contributed by atoms with E-state index in [4.69, 9.17) is 11.6 Å². The Morgan fingerprint density at radius 1 is 1.43 bits per heavy atom. The Bertz CT molecular complexity index is 701. The molecule has 2 rings (SSSR count). The smallest absolute Gasteiger partial charge is 0.310 e. The summed E-state index contributed by atoms with van der Waals surface area (Å²) in [7, 11) is 1.61. The third-order valence-corrected chi connectivity index (χ3v) is 4.00. The quantitative estimate of drug-likeness (QED) is 0.690. The normalized spacial score (nSPS) is 10.4. The zero-order valence-corrected chi connectivity index (χ0v) is 12.5. The predicted octanol–water partition coefficient (Wildman–Crippen LogP) is 3.29. The fraction of sp³-hybridized carbons (Fsp3) is 0.154. The molecule has 0 aliphatic rings. The number of benzene rings is 1. The molecule has 1 aromatic heterocycles. The molecule has 1 amide bonds. The van der Waals surface area contributed by atoms with Crippen molar-refractivity contribution in [1.82, 2.24) is 4.90 Å². The summed E-state index contributed by atoms with van der Waals surface area (Å²) < 4.78 is 0.638. The number of amides is 1. The number of nitro benzene ring substituents is 1. The summed E-state index contributed by atoms with van der Waals surface area (Å²) in [4.78, 5) is 24.5. The van der Waals surface area contributed by atoms with Crippen molar-refractivity contribution >= 4 is 34.5 Å². The van der Waals surface area contributed by atoms with Crippen molar-refractivity contribution < 1.29 is 14.8 Å². The van der Waals surface area contributed by atoms with Gasteiger partial charge in [0.25, 0.3) is 5.91 Å². The van der Waals surface area contributed by atoms with E-state index in [0.29, 0.717) is 10.9 Å². The van der Waals surface area contributed by atoms with Gasteiger partial charge in [-0.3, -0.25) is 14.9 Å². The van der Waals surface area contributed by atoms with E-state index in [1.54, 1.807) is 13.1 Å². The number of rotatable bonds is 4. The molecule has 0 saturated carbocycles. The maximum absolute atomic E-state index is 12.2. The Labute approximate surface area is 129 Å². The van der Waals surface area contributed by atoms with Crippen LogP contribution in [0.2, 0.25) is 4.34 Å². The first-order chi connectivity index (χ1) is 9.88. The fourth-order valence-electron chi connectivity index (χ4n) is 1.77. The van der Waals surface area contributed by atoms with Gasteiger partial charge in [0.15, 0.2) is 5.75 Å². The van der Waals surface area contributed by atoms with E-state index in [9.17, 15) is 20.0 Å². The fourth-order valence-corrected chi connectivity index (χ4v) is 2.91. The number of hydrogen-bond acceptors (Lipinski definition) is 5. The van der Waals surface area contributed by atoms with E-state index in [2.05, 4.69) is 0 Å². The van der Waals surface area contributed by atoms with Gasteiger partial charge in [-0.15, -0.1) is 11.3 Å². The molecule has 6 nitrogen and oxygen atoms in total. The number of thiophene rings is 1. The topological polar surface area (TPSA) is 83.7 Å². The number of phenolic OH excluding ortho intramolecular Hbond substituents is 1. The molecule has 1 aromatic carbocycles. The lowest BCUT2D eigenvalue weighted by molar-refractivity contribution is -0.385. The number of carbonyl (C=O) groups excluding carboxylic acids is 1. The molecule has 2 aromatic rings. The molecule has 0 aliphatic heterocycles. The summed E-state index contributed by atoms with van der Waals surface area (Å²) in [5.41, 5.74) is -0.248. The van der Waals surface area contributed by atoms with Gasteiger partial charge in [0, 0.05) is 23.6 Å². The van der Waals surface area contributed by atoms with Crippen molar-refractivity contribution in [1.29, 1.82) is 0 Å². The number of halogens is 1. The van der Waals surface area contributed by atoms with Gasteiger partial charge >= 0.3 is 5.69 Å². The van der Waals surface area contributed by atoms with E-state index in [0.717, 1.165) is 17.0 Å². The Kier molecular flexibility index (Phi) is 4.44. The molecule has 0 atom stereocenters. The highest BCUT2D eigenvalue weighted by molar-refractivity contribution is 7.16. The van der Waals surface area contributed by atoms with Crippen LogP contribution < -0.4 is 0 Å². The molecule has 8 heteroatoms. The molecule has 0 bridgehead atoms. The van der Waals surface area contributed by atoms with Crippen LogP contribution in [-0.4, -0.2) is 27.9 Å². The summed E-state index contributed by atoms with van der Waals surface area (Å²) in [6.07, 6.45) is 0. The van der Waals surface area contributed by atoms with Gasteiger partial charge in [-0.05, 0) is 24.3 Å². The molecule has 0 saturated heterocycles. The number of aromatic hydroxyl groups is 1. The zero-order valence-electron chi connectivity index (χ0n) is 10.9. The van der Waals surface area contributed by atoms with Crippen LogP contribution in [0.25, 0.3) is 0 Å². The number of nitrogens with zero attached hydrogens (tertiary/aromatic N) is 2. The van der Waals surface area contributed by atoms with Gasteiger partial charge in [0.2, 0.25) is 0 Å². The second kappa shape index (κ2) is 6.11. The minimum atomic E-state index is -0.707. The largest absolute Gasteiger partial charge is 0.502 e. The molecule has 0 spiro atoms. The minimum absolute atomic E-state index is 0.184. The Balaban J connectivity index is 2.15. The third-order valence-electron chi connectivity index (χ3n) is 2.79. The minimum Gasteiger partial charge on any atom is -0.502 e. The van der Waals surface area contributed by atoms with E-state index in [-0.39, 0.29) is 11.5 Å². The Hall–Kier alpha value is -2.12. The molecule has 1 N–H and O–H groups in total. The second-order valence-electron chi connectivity index (χ2n) is 4.33. The molecule has 0 fully saturated rings. The summed E-state index contributed by atoms with van der Waals surface area (Å²) >= 11 is 7.20. The lowest BCUT2D eigenvalue weighted by Gasteiger charge is -2.16. The molecule has 0 aliphatic carbocycles. The highest BCUT2D eigenvalue weighted by Crippen LogP contribution is 2.27. The number of carbonyl (C=O) groups is 1.